The lowest BCUT2D eigenvalue weighted by Crippen LogP contribution is -2.29. The molecule has 1 heterocycles. The average molecular weight is 299 g/mol. The molecule has 0 radical (unpaired) electrons. The van der Waals surface area contributed by atoms with Gasteiger partial charge in [-0.15, -0.1) is 0 Å². The van der Waals surface area contributed by atoms with Crippen molar-refractivity contribution in [2.45, 2.75) is 6.42 Å². The number of likely N-dealkylation sites (N-methyl/N-ethyl adjacent to an activating group) is 1. The van der Waals surface area contributed by atoms with E-state index in [0.29, 0.717) is 17.1 Å². The number of nitrogens with zero attached hydrogens (tertiary/aromatic N) is 2. The molecule has 0 aliphatic rings. The molecule has 1 aromatic carbocycles. The lowest BCUT2D eigenvalue weighted by atomic mass is 10.1. The summed E-state index contributed by atoms with van der Waals surface area (Å²) in [7, 11) is 1.78. The second-order valence-electron chi connectivity index (χ2n) is 4.74. The summed E-state index contributed by atoms with van der Waals surface area (Å²) in [6.07, 6.45) is 2.49. The predicted octanol–water partition coefficient (Wildman–Crippen LogP) is 2.03. The largest absolute Gasteiger partial charge is 0.389 e. The third kappa shape index (κ3) is 4.10. The quantitative estimate of drug-likeness (QED) is 0.858. The van der Waals surface area contributed by atoms with Crippen LogP contribution in [-0.2, 0) is 6.42 Å². The van der Waals surface area contributed by atoms with Crippen molar-refractivity contribution in [2.24, 2.45) is 5.73 Å². The summed E-state index contributed by atoms with van der Waals surface area (Å²) in [5.41, 5.74) is 7.90. The number of thiocarbonyl (C=S) groups is 1. The van der Waals surface area contributed by atoms with Crippen LogP contribution in [-0.4, -0.2) is 34.4 Å². The lowest BCUT2D eigenvalue weighted by molar-refractivity contribution is 0.0796. The fourth-order valence-electron chi connectivity index (χ4n) is 1.93. The molecule has 2 N–H and O–H groups in total. The number of nitrogens with two attached hydrogens (primary N) is 1. The van der Waals surface area contributed by atoms with E-state index in [1.165, 1.54) is 0 Å². The Kier molecular flexibility index (Phi) is 5.00. The molecule has 0 spiro atoms. The van der Waals surface area contributed by atoms with Crippen molar-refractivity contribution in [3.05, 3.63) is 65.5 Å². The zero-order valence-electron chi connectivity index (χ0n) is 11.8. The van der Waals surface area contributed by atoms with E-state index in [-0.39, 0.29) is 5.91 Å². The van der Waals surface area contributed by atoms with E-state index in [1.807, 2.05) is 18.2 Å². The van der Waals surface area contributed by atoms with Crippen LogP contribution in [0.4, 0.5) is 0 Å². The molecular weight excluding hydrogens is 282 g/mol. The molecule has 0 saturated heterocycles. The monoisotopic (exact) mass is 299 g/mol. The van der Waals surface area contributed by atoms with E-state index in [0.717, 1.165) is 17.7 Å². The van der Waals surface area contributed by atoms with Gasteiger partial charge in [0.15, 0.2) is 0 Å². The Morgan fingerprint density at radius 3 is 2.43 bits per heavy atom. The minimum absolute atomic E-state index is 0.0274. The first kappa shape index (κ1) is 15.1. The smallest absolute Gasteiger partial charge is 0.253 e. The van der Waals surface area contributed by atoms with Crippen LogP contribution in [0, 0.1) is 0 Å². The van der Waals surface area contributed by atoms with Gasteiger partial charge < -0.3 is 10.6 Å². The molecule has 5 heteroatoms. The normalized spacial score (nSPS) is 10.1. The van der Waals surface area contributed by atoms with Gasteiger partial charge in [0, 0.05) is 43.0 Å². The van der Waals surface area contributed by atoms with Gasteiger partial charge in [-0.3, -0.25) is 9.78 Å². The summed E-state index contributed by atoms with van der Waals surface area (Å²) >= 11 is 4.89. The van der Waals surface area contributed by atoms with E-state index >= 15 is 0 Å². The Hall–Kier alpha value is -2.27. The molecule has 1 aromatic heterocycles. The van der Waals surface area contributed by atoms with Gasteiger partial charge in [-0.25, -0.2) is 0 Å². The number of carbonyl (C=O) groups is 1. The van der Waals surface area contributed by atoms with Gasteiger partial charge >= 0.3 is 0 Å². The summed E-state index contributed by atoms with van der Waals surface area (Å²) in [5.74, 6) is -0.0274. The van der Waals surface area contributed by atoms with Gasteiger partial charge in [0.25, 0.3) is 5.91 Å². The Morgan fingerprint density at radius 2 is 1.86 bits per heavy atom. The summed E-state index contributed by atoms with van der Waals surface area (Å²) < 4.78 is 0. The molecule has 0 aliphatic heterocycles. The maximum absolute atomic E-state index is 12.3. The Labute approximate surface area is 129 Å². The molecule has 108 valence electrons. The van der Waals surface area contributed by atoms with Crippen molar-refractivity contribution < 1.29 is 4.79 Å². The highest BCUT2D eigenvalue weighted by Gasteiger charge is 2.11. The average Bonchev–Trinajstić information content (AvgIpc) is 2.53. The molecule has 0 atom stereocenters. The van der Waals surface area contributed by atoms with Crippen LogP contribution in [0.1, 0.15) is 21.6 Å². The molecule has 0 fully saturated rings. The van der Waals surface area contributed by atoms with Crippen LogP contribution in [0.3, 0.4) is 0 Å². The van der Waals surface area contributed by atoms with E-state index in [4.69, 9.17) is 18.0 Å². The lowest BCUT2D eigenvalue weighted by Gasteiger charge is -2.17. The van der Waals surface area contributed by atoms with Crippen LogP contribution < -0.4 is 5.73 Å². The molecule has 2 aromatic rings. The van der Waals surface area contributed by atoms with Crippen molar-refractivity contribution in [3.8, 4) is 0 Å². The topological polar surface area (TPSA) is 59.2 Å². The second-order valence-corrected chi connectivity index (χ2v) is 5.18. The van der Waals surface area contributed by atoms with Gasteiger partial charge in [-0.1, -0.05) is 30.4 Å². The van der Waals surface area contributed by atoms with Crippen molar-refractivity contribution in [1.29, 1.82) is 0 Å². The van der Waals surface area contributed by atoms with Gasteiger partial charge in [0.05, 0.1) is 0 Å². The highest BCUT2D eigenvalue weighted by Crippen LogP contribution is 2.08. The maximum atomic E-state index is 12.3. The number of amides is 1. The van der Waals surface area contributed by atoms with E-state index in [2.05, 4.69) is 4.98 Å². The van der Waals surface area contributed by atoms with Gasteiger partial charge in [-0.2, -0.15) is 0 Å². The molecule has 0 bridgehead atoms. The molecule has 0 aliphatic carbocycles. The van der Waals surface area contributed by atoms with Crippen LogP contribution in [0.5, 0.6) is 0 Å². The Bertz CT molecular complexity index is 626. The molecule has 21 heavy (non-hydrogen) atoms. The molecule has 0 unspecified atom stereocenters. The number of hydrogen-bond acceptors (Lipinski definition) is 3. The number of pyridine rings is 1. The Morgan fingerprint density at radius 1 is 1.19 bits per heavy atom. The van der Waals surface area contributed by atoms with Gasteiger partial charge in [0.1, 0.15) is 4.99 Å². The van der Waals surface area contributed by atoms with Crippen LogP contribution in [0.15, 0.2) is 48.7 Å². The van der Waals surface area contributed by atoms with Crippen molar-refractivity contribution in [2.75, 3.05) is 13.6 Å². The SMILES string of the molecule is CN(CCc1ccccn1)C(=O)c1ccc(C(N)=S)cc1. The zero-order chi connectivity index (χ0) is 15.2. The highest BCUT2D eigenvalue weighted by atomic mass is 32.1. The van der Waals surface area contributed by atoms with Crippen LogP contribution >= 0.6 is 12.2 Å². The minimum atomic E-state index is -0.0274. The first-order valence-corrected chi connectivity index (χ1v) is 7.04. The third-order valence-corrected chi connectivity index (χ3v) is 3.43. The highest BCUT2D eigenvalue weighted by molar-refractivity contribution is 7.80. The summed E-state index contributed by atoms with van der Waals surface area (Å²) in [4.78, 5) is 18.6. The summed E-state index contributed by atoms with van der Waals surface area (Å²) in [6.45, 7) is 0.618. The van der Waals surface area contributed by atoms with Gasteiger partial charge in [0.2, 0.25) is 0 Å². The maximum Gasteiger partial charge on any atom is 0.253 e. The second kappa shape index (κ2) is 6.95. The van der Waals surface area contributed by atoms with Crippen molar-refractivity contribution in [1.82, 2.24) is 9.88 Å². The molecule has 1 amide bonds. The third-order valence-electron chi connectivity index (χ3n) is 3.19. The number of hydrogen-bond donors (Lipinski definition) is 1. The van der Waals surface area contributed by atoms with Crippen LogP contribution in [0.2, 0.25) is 0 Å². The molecule has 0 saturated carbocycles. The number of benzene rings is 1. The predicted molar refractivity (Wildman–Crippen MR) is 87.2 cm³/mol. The van der Waals surface area contributed by atoms with Crippen molar-refractivity contribution >= 4 is 23.1 Å². The summed E-state index contributed by atoms with van der Waals surface area (Å²) in [6, 6.07) is 12.8. The number of rotatable bonds is 5. The van der Waals surface area contributed by atoms with E-state index < -0.39 is 0 Å². The standard InChI is InChI=1S/C16H17N3OS/c1-19(11-9-14-4-2-3-10-18-14)16(20)13-7-5-12(6-8-13)15(17)21/h2-8,10H,9,11H2,1H3,(H2,17,21). The first-order valence-electron chi connectivity index (χ1n) is 6.63. The molecule has 2 rings (SSSR count). The fourth-order valence-corrected chi connectivity index (χ4v) is 2.06. The fraction of sp³-hybridized carbons (Fsp3) is 0.188. The summed E-state index contributed by atoms with van der Waals surface area (Å²) in [5, 5.41) is 0. The zero-order valence-corrected chi connectivity index (χ0v) is 12.6. The first-order chi connectivity index (χ1) is 10.1. The molecular formula is C16H17N3OS. The van der Waals surface area contributed by atoms with Crippen LogP contribution in [0.25, 0.3) is 0 Å². The number of carbonyl (C=O) groups excluding carboxylic acids is 1. The Balaban J connectivity index is 1.97. The molecule has 4 nitrogen and oxygen atoms in total. The number of aromatic nitrogens is 1. The van der Waals surface area contributed by atoms with Gasteiger partial charge in [-0.05, 0) is 24.3 Å². The van der Waals surface area contributed by atoms with E-state index in [9.17, 15) is 4.79 Å². The van der Waals surface area contributed by atoms with E-state index in [1.54, 1.807) is 42.4 Å². The van der Waals surface area contributed by atoms with Crippen molar-refractivity contribution in [3.63, 3.8) is 0 Å². The minimum Gasteiger partial charge on any atom is -0.389 e.